The highest BCUT2D eigenvalue weighted by Crippen LogP contribution is 2.29. The second kappa shape index (κ2) is 11.0. The molecule has 3 aromatic rings. The van der Waals surface area contributed by atoms with Crippen molar-refractivity contribution < 1.29 is 22.7 Å². The van der Waals surface area contributed by atoms with Crippen molar-refractivity contribution in [2.24, 2.45) is 0 Å². The van der Waals surface area contributed by atoms with Gasteiger partial charge in [-0.15, -0.1) is 0 Å². The lowest BCUT2D eigenvalue weighted by Crippen LogP contribution is -2.52. The second-order valence-electron chi connectivity index (χ2n) is 10.00. The summed E-state index contributed by atoms with van der Waals surface area (Å²) in [4.78, 5) is 35.0. The summed E-state index contributed by atoms with van der Waals surface area (Å²) in [5, 5.41) is 5.76. The predicted octanol–water partition coefficient (Wildman–Crippen LogP) is 3.50. The number of nitrogens with one attached hydrogen (secondary N) is 3. The van der Waals surface area contributed by atoms with E-state index < -0.39 is 22.0 Å². The molecule has 204 valence electrons. The van der Waals surface area contributed by atoms with Crippen LogP contribution >= 0.6 is 0 Å². The molecule has 0 radical (unpaired) electrons. The van der Waals surface area contributed by atoms with Crippen molar-refractivity contribution in [1.29, 1.82) is 0 Å². The average molecular weight is 550 g/mol. The highest BCUT2D eigenvalue weighted by atomic mass is 32.2. The van der Waals surface area contributed by atoms with Crippen LogP contribution in [0.25, 0.3) is 11.3 Å². The van der Waals surface area contributed by atoms with E-state index in [0.717, 1.165) is 48.8 Å². The van der Waals surface area contributed by atoms with Gasteiger partial charge in [-0.1, -0.05) is 43.5 Å². The van der Waals surface area contributed by atoms with Gasteiger partial charge >= 0.3 is 0 Å². The number of nitrogens with zero attached hydrogens (tertiary/aromatic N) is 2. The van der Waals surface area contributed by atoms with Crippen molar-refractivity contribution >= 4 is 27.8 Å². The quantitative estimate of drug-likeness (QED) is 0.454. The van der Waals surface area contributed by atoms with Crippen molar-refractivity contribution in [3.8, 4) is 17.1 Å². The largest absolute Gasteiger partial charge is 0.475 e. The maximum atomic E-state index is 13.3. The van der Waals surface area contributed by atoms with Crippen LogP contribution in [0.2, 0.25) is 0 Å². The first-order valence-corrected chi connectivity index (χ1v) is 14.5. The van der Waals surface area contributed by atoms with E-state index in [1.165, 1.54) is 24.3 Å². The summed E-state index contributed by atoms with van der Waals surface area (Å²) >= 11 is 0. The number of amides is 2. The molecule has 2 amide bonds. The highest BCUT2D eigenvalue weighted by Gasteiger charge is 2.28. The van der Waals surface area contributed by atoms with Crippen LogP contribution in [0, 0.1) is 13.8 Å². The van der Waals surface area contributed by atoms with Crippen molar-refractivity contribution in [2.75, 3.05) is 11.3 Å². The van der Waals surface area contributed by atoms with Crippen molar-refractivity contribution in [3.05, 3.63) is 65.2 Å². The second-order valence-corrected chi connectivity index (χ2v) is 11.7. The van der Waals surface area contributed by atoms with Gasteiger partial charge in [-0.3, -0.25) is 9.59 Å². The van der Waals surface area contributed by atoms with E-state index in [9.17, 15) is 18.0 Å². The number of anilines is 1. The number of sulfonamides is 1. The minimum Gasteiger partial charge on any atom is -0.475 e. The molecular formula is C28H31N5O5S. The molecule has 0 spiro atoms. The first kappa shape index (κ1) is 26.6. The molecule has 10 nitrogen and oxygen atoms in total. The summed E-state index contributed by atoms with van der Waals surface area (Å²) in [7, 11) is -4.14. The molecule has 2 aliphatic rings. The van der Waals surface area contributed by atoms with Gasteiger partial charge in [0.05, 0.1) is 10.6 Å². The molecule has 3 N–H and O–H groups in total. The smallest absolute Gasteiger partial charge is 0.264 e. The average Bonchev–Trinajstić information content (AvgIpc) is 2.91. The normalized spacial score (nSPS) is 19.2. The van der Waals surface area contributed by atoms with Crippen LogP contribution in [0.1, 0.15) is 53.6 Å². The molecule has 2 aromatic carbocycles. The van der Waals surface area contributed by atoms with E-state index in [1.54, 1.807) is 6.07 Å². The Hall–Kier alpha value is -3.99. The molecule has 1 saturated carbocycles. The lowest BCUT2D eigenvalue weighted by atomic mass is 9.95. The fraction of sp³-hybridized carbons (Fsp3) is 0.357. The number of aromatic nitrogens is 2. The van der Waals surface area contributed by atoms with Gasteiger partial charge < -0.3 is 15.4 Å². The molecule has 1 fully saturated rings. The Morgan fingerprint density at radius 1 is 1.00 bits per heavy atom. The molecule has 4 bridgehead atoms. The molecule has 1 aliphatic carbocycles. The molecule has 11 heteroatoms. The maximum Gasteiger partial charge on any atom is 0.264 e. The number of carbonyl (C=O) groups excluding carboxylic acids is 2. The van der Waals surface area contributed by atoms with Crippen molar-refractivity contribution in [3.63, 3.8) is 0 Å². The molecule has 39 heavy (non-hydrogen) atoms. The van der Waals surface area contributed by atoms with E-state index in [-0.39, 0.29) is 40.8 Å². The lowest BCUT2D eigenvalue weighted by Gasteiger charge is -2.26. The summed E-state index contributed by atoms with van der Waals surface area (Å²) in [5.41, 5.74) is 3.25. The number of hydrogen-bond donors (Lipinski definition) is 3. The number of ether oxygens (including phenoxy) is 1. The Labute approximate surface area is 227 Å². The van der Waals surface area contributed by atoms with Gasteiger partial charge in [0.25, 0.3) is 15.9 Å². The lowest BCUT2D eigenvalue weighted by molar-refractivity contribution is -0.124. The fourth-order valence-corrected chi connectivity index (χ4v) is 6.01. The zero-order chi connectivity index (χ0) is 27.6. The third-order valence-corrected chi connectivity index (χ3v) is 8.37. The number of benzene rings is 2. The monoisotopic (exact) mass is 549 g/mol. The van der Waals surface area contributed by atoms with Crippen LogP contribution in [0.4, 0.5) is 5.95 Å². The predicted molar refractivity (Wildman–Crippen MR) is 146 cm³/mol. The first-order valence-electron chi connectivity index (χ1n) is 13.0. The molecule has 1 aliphatic heterocycles. The zero-order valence-corrected chi connectivity index (χ0v) is 22.7. The Balaban J connectivity index is 1.56. The van der Waals surface area contributed by atoms with Crippen molar-refractivity contribution in [2.45, 2.75) is 62.9 Å². The Morgan fingerprint density at radius 2 is 1.72 bits per heavy atom. The fourth-order valence-electron chi connectivity index (χ4n) is 5.02. The molecule has 0 saturated heterocycles. The molecule has 2 heterocycles. The highest BCUT2D eigenvalue weighted by molar-refractivity contribution is 7.92. The van der Waals surface area contributed by atoms with Gasteiger partial charge in [0, 0.05) is 23.2 Å². The zero-order valence-electron chi connectivity index (χ0n) is 21.9. The van der Waals surface area contributed by atoms with Crippen LogP contribution in [0.3, 0.4) is 0 Å². The van der Waals surface area contributed by atoms with Crippen LogP contribution < -0.4 is 20.1 Å². The third-order valence-electron chi connectivity index (χ3n) is 7.04. The number of fused-ring (bicyclic) bond motifs is 4. The SMILES string of the molecule is Cc1cccc(C)c1-c1cc2nc(n1)NS(=O)(=O)c1cccc(c1)C(=O)NC(C(=O)NC1CCCCC1)CO2. The van der Waals surface area contributed by atoms with Gasteiger partial charge in [0.1, 0.15) is 12.6 Å². The van der Waals surface area contributed by atoms with Gasteiger partial charge in [0.15, 0.2) is 0 Å². The van der Waals surface area contributed by atoms with E-state index in [4.69, 9.17) is 4.74 Å². The topological polar surface area (TPSA) is 139 Å². The summed E-state index contributed by atoms with van der Waals surface area (Å²) in [5.74, 6) is -1.07. The Morgan fingerprint density at radius 3 is 2.46 bits per heavy atom. The molecule has 1 unspecified atom stereocenters. The number of carbonyl (C=O) groups is 2. The first-order chi connectivity index (χ1) is 18.7. The number of hydrogen-bond acceptors (Lipinski definition) is 7. The van der Waals surface area contributed by atoms with E-state index in [2.05, 4.69) is 25.3 Å². The summed E-state index contributed by atoms with van der Waals surface area (Å²) < 4.78 is 34.8. The molecule has 1 aromatic heterocycles. The van der Waals surface area contributed by atoms with Gasteiger partial charge in [-0.25, -0.2) is 18.1 Å². The van der Waals surface area contributed by atoms with Crippen LogP contribution in [0.15, 0.2) is 53.4 Å². The molecular weight excluding hydrogens is 518 g/mol. The summed E-state index contributed by atoms with van der Waals surface area (Å²) in [6.07, 6.45) is 4.98. The molecule has 1 atom stereocenters. The number of rotatable bonds is 3. The van der Waals surface area contributed by atoms with Gasteiger partial charge in [-0.2, -0.15) is 4.98 Å². The summed E-state index contributed by atoms with van der Waals surface area (Å²) in [6.45, 7) is 3.66. The van der Waals surface area contributed by atoms with Crippen molar-refractivity contribution in [1.82, 2.24) is 20.6 Å². The van der Waals surface area contributed by atoms with Gasteiger partial charge in [-0.05, 0) is 56.0 Å². The number of aryl methyl sites for hydroxylation is 2. The molecule has 5 rings (SSSR count). The minimum absolute atomic E-state index is 0.0340. The Bertz CT molecular complexity index is 1500. The van der Waals surface area contributed by atoms with Crippen LogP contribution in [0.5, 0.6) is 5.88 Å². The summed E-state index contributed by atoms with van der Waals surface area (Å²) in [6, 6.07) is 12.0. The maximum absolute atomic E-state index is 13.3. The van der Waals surface area contributed by atoms with E-state index in [1.807, 2.05) is 32.0 Å². The van der Waals surface area contributed by atoms with E-state index in [0.29, 0.717) is 5.69 Å². The van der Waals surface area contributed by atoms with Crippen LogP contribution in [-0.2, 0) is 14.8 Å². The Kier molecular flexibility index (Phi) is 7.51. The minimum atomic E-state index is -4.14. The van der Waals surface area contributed by atoms with Gasteiger partial charge in [0.2, 0.25) is 17.7 Å². The third kappa shape index (κ3) is 6.03. The van der Waals surface area contributed by atoms with E-state index >= 15 is 0 Å². The standard InChI is InChI=1S/C28H31N5O5S/c1-17-8-6-9-18(2)25(17)22-15-24-32-28(31-22)33-39(36,37)21-13-7-10-19(14-21)26(34)30-23(16-38-24)27(35)29-20-11-4-3-5-12-20/h6-10,13-15,20,23H,3-5,11-12,16H2,1-2H3,(H,29,35)(H,30,34)(H,31,32,33). The van der Waals surface area contributed by atoms with Crippen LogP contribution in [-0.4, -0.2) is 48.9 Å².